The topological polar surface area (TPSA) is 137 Å². The van der Waals surface area contributed by atoms with Gasteiger partial charge < -0.3 is 14.8 Å². The molecule has 3 aromatic rings. The van der Waals surface area contributed by atoms with Crippen LogP contribution >= 0.6 is 11.3 Å². The lowest BCUT2D eigenvalue weighted by molar-refractivity contribution is -0.130. The van der Waals surface area contributed by atoms with Crippen LogP contribution < -0.4 is 19.5 Å². The van der Waals surface area contributed by atoms with Crippen molar-refractivity contribution >= 4 is 44.0 Å². The Balaban J connectivity index is 1.20. The third-order valence-electron chi connectivity index (χ3n) is 9.66. The van der Waals surface area contributed by atoms with Crippen LogP contribution in [0.2, 0.25) is 0 Å². The summed E-state index contributed by atoms with van der Waals surface area (Å²) in [6, 6.07) is 5.21. The lowest BCUT2D eigenvalue weighted by atomic mass is 9.92. The molecule has 1 amide bonds. The van der Waals surface area contributed by atoms with Gasteiger partial charge in [0, 0.05) is 41.8 Å². The molecule has 1 aliphatic heterocycles. The Kier molecular flexibility index (Phi) is 8.06. The van der Waals surface area contributed by atoms with E-state index in [9.17, 15) is 18.0 Å². The molecule has 0 spiro atoms. The molecular formula is C33H40N4O6S2. The zero-order chi connectivity index (χ0) is 32.3. The van der Waals surface area contributed by atoms with Crippen LogP contribution in [0.15, 0.2) is 36.2 Å². The molecule has 1 aromatic carbocycles. The molecule has 1 saturated heterocycles. The SMILES string of the molecule is C=C[C@@H]1C[C@]1(CC(=O)[C@@H]1C[C@@H](Oc2cc(-c3nc(C(C)C)cs3)nc3c(C)c(OC)ccc23)CN1)C(=O)NS(=O)(=O)C1(C)CC1. The second-order valence-electron chi connectivity index (χ2n) is 13.2. The molecule has 2 N–H and O–H groups in total. The molecule has 6 rings (SSSR count). The van der Waals surface area contributed by atoms with E-state index >= 15 is 0 Å². The van der Waals surface area contributed by atoms with Crippen LogP contribution in [0.25, 0.3) is 21.6 Å². The van der Waals surface area contributed by atoms with Crippen molar-refractivity contribution in [1.29, 1.82) is 0 Å². The number of hydrogen-bond donors (Lipinski definition) is 2. The molecular weight excluding hydrogens is 613 g/mol. The number of fused-ring (bicyclic) bond motifs is 1. The van der Waals surface area contributed by atoms with Crippen LogP contribution in [0.5, 0.6) is 11.5 Å². The van der Waals surface area contributed by atoms with E-state index in [2.05, 4.69) is 30.5 Å². The molecule has 12 heteroatoms. The molecule has 45 heavy (non-hydrogen) atoms. The first-order valence-electron chi connectivity index (χ1n) is 15.4. The Hall–Kier alpha value is -3.35. The van der Waals surface area contributed by atoms with Gasteiger partial charge >= 0.3 is 0 Å². The number of nitrogens with zero attached hydrogens (tertiary/aromatic N) is 2. The molecule has 2 aliphatic carbocycles. The number of methoxy groups -OCH3 is 1. The van der Waals surface area contributed by atoms with Crippen LogP contribution in [-0.2, 0) is 19.6 Å². The number of hydrogen-bond acceptors (Lipinski definition) is 10. The van der Waals surface area contributed by atoms with Crippen LogP contribution in [0.3, 0.4) is 0 Å². The van der Waals surface area contributed by atoms with Crippen molar-refractivity contribution in [3.63, 3.8) is 0 Å². The van der Waals surface area contributed by atoms with Crippen molar-refractivity contribution < 1.29 is 27.5 Å². The maximum atomic E-state index is 13.6. The summed E-state index contributed by atoms with van der Waals surface area (Å²) in [5.41, 5.74) is 2.27. The second kappa shape index (κ2) is 11.5. The Bertz CT molecular complexity index is 1800. The van der Waals surface area contributed by atoms with Gasteiger partial charge in [-0.3, -0.25) is 14.3 Å². The third kappa shape index (κ3) is 5.76. The van der Waals surface area contributed by atoms with E-state index in [0.29, 0.717) is 49.6 Å². The maximum absolute atomic E-state index is 13.6. The van der Waals surface area contributed by atoms with Crippen LogP contribution in [0.1, 0.15) is 70.1 Å². The number of ketones is 1. The van der Waals surface area contributed by atoms with Gasteiger partial charge in [-0.1, -0.05) is 19.9 Å². The molecule has 3 aliphatic rings. The summed E-state index contributed by atoms with van der Waals surface area (Å²) in [5, 5.41) is 6.96. The highest BCUT2D eigenvalue weighted by atomic mass is 32.2. The lowest BCUT2D eigenvalue weighted by Crippen LogP contribution is -2.44. The number of carbonyl (C=O) groups excluding carboxylic acids is 2. The van der Waals surface area contributed by atoms with Gasteiger partial charge in [0.1, 0.15) is 28.3 Å². The second-order valence-corrected chi connectivity index (χ2v) is 16.2. The number of carbonyl (C=O) groups is 2. The number of ether oxygens (including phenoxy) is 2. The van der Waals surface area contributed by atoms with Gasteiger partial charge in [0.25, 0.3) is 0 Å². The average Bonchev–Trinajstić information content (AvgIpc) is 3.76. The summed E-state index contributed by atoms with van der Waals surface area (Å²) in [5.74, 6) is 0.666. The normalized spacial score (nSPS) is 25.2. The number of rotatable bonds is 12. The van der Waals surface area contributed by atoms with E-state index in [4.69, 9.17) is 19.4 Å². The van der Waals surface area contributed by atoms with Gasteiger partial charge in [0.05, 0.1) is 34.5 Å². The van der Waals surface area contributed by atoms with Crippen LogP contribution in [-0.4, -0.2) is 60.6 Å². The standard InChI is InChI=1S/C33H40N4O6S2/c1-7-20-14-33(20,31(39)37-45(40,41)32(5)10-11-32)15-26(38)23-12-21(16-34-23)43-28-13-24(30-36-25(17-44-30)18(2)3)35-29-19(4)27(42-6)9-8-22(28)29/h7-9,13,17-18,20-21,23,34H,1,10-12,14-16H2,2-6H3,(H,37,39)/t20-,21-,23+,33-/m1/s1. The predicted octanol–water partition coefficient (Wildman–Crippen LogP) is 5.06. The highest BCUT2D eigenvalue weighted by Gasteiger charge is 2.62. The molecule has 10 nitrogen and oxygen atoms in total. The van der Waals surface area contributed by atoms with E-state index in [0.717, 1.165) is 32.9 Å². The zero-order valence-corrected chi connectivity index (χ0v) is 27.9. The van der Waals surface area contributed by atoms with Crippen molar-refractivity contribution in [2.24, 2.45) is 11.3 Å². The number of sulfonamides is 1. The molecule has 2 saturated carbocycles. The highest BCUT2D eigenvalue weighted by molar-refractivity contribution is 7.91. The summed E-state index contributed by atoms with van der Waals surface area (Å²) in [6.07, 6.45) is 3.12. The largest absolute Gasteiger partial charge is 0.496 e. The minimum absolute atomic E-state index is 0.0598. The molecule has 2 aromatic heterocycles. The fourth-order valence-electron chi connectivity index (χ4n) is 6.11. The lowest BCUT2D eigenvalue weighted by Gasteiger charge is -2.20. The van der Waals surface area contributed by atoms with Gasteiger partial charge in [0.15, 0.2) is 5.78 Å². The smallest absolute Gasteiger partial charge is 0.240 e. The van der Waals surface area contributed by atoms with Gasteiger partial charge in [0.2, 0.25) is 15.9 Å². The Labute approximate surface area is 268 Å². The fourth-order valence-corrected chi connectivity index (χ4v) is 8.38. The number of allylic oxidation sites excluding steroid dienone is 1. The number of pyridine rings is 1. The minimum atomic E-state index is -3.81. The number of benzene rings is 1. The predicted molar refractivity (Wildman–Crippen MR) is 174 cm³/mol. The van der Waals surface area contributed by atoms with Crippen molar-refractivity contribution in [2.45, 2.75) is 82.6 Å². The maximum Gasteiger partial charge on any atom is 0.240 e. The Morgan fingerprint density at radius 3 is 2.62 bits per heavy atom. The molecule has 3 fully saturated rings. The van der Waals surface area contributed by atoms with Gasteiger partial charge in [-0.05, 0) is 57.1 Å². The molecule has 0 unspecified atom stereocenters. The quantitative estimate of drug-likeness (QED) is 0.257. The summed E-state index contributed by atoms with van der Waals surface area (Å²) in [6.45, 7) is 12.1. The fraction of sp³-hybridized carbons (Fsp3) is 0.515. The summed E-state index contributed by atoms with van der Waals surface area (Å²) >= 11 is 1.54. The highest BCUT2D eigenvalue weighted by Crippen LogP contribution is 2.57. The van der Waals surface area contributed by atoms with E-state index in [1.54, 1.807) is 20.1 Å². The molecule has 240 valence electrons. The van der Waals surface area contributed by atoms with Gasteiger partial charge in [-0.15, -0.1) is 17.9 Å². The summed E-state index contributed by atoms with van der Waals surface area (Å²) in [7, 11) is -2.18. The number of nitrogens with one attached hydrogen (secondary N) is 2. The number of amides is 1. The average molecular weight is 653 g/mol. The van der Waals surface area contributed by atoms with E-state index in [-0.39, 0.29) is 24.2 Å². The number of aryl methyl sites for hydroxylation is 1. The summed E-state index contributed by atoms with van der Waals surface area (Å²) < 4.78 is 39.0. The van der Waals surface area contributed by atoms with Gasteiger partial charge in [-0.2, -0.15) is 0 Å². The molecule has 4 atom stereocenters. The van der Waals surface area contributed by atoms with Crippen molar-refractivity contribution in [3.05, 3.63) is 47.5 Å². The third-order valence-corrected chi connectivity index (χ3v) is 12.7. The first-order chi connectivity index (χ1) is 21.3. The zero-order valence-electron chi connectivity index (χ0n) is 26.3. The van der Waals surface area contributed by atoms with Crippen LogP contribution in [0, 0.1) is 18.3 Å². The number of aromatic nitrogens is 2. The van der Waals surface area contributed by atoms with Gasteiger partial charge in [-0.25, -0.2) is 18.4 Å². The van der Waals surface area contributed by atoms with Crippen molar-refractivity contribution in [3.8, 4) is 22.2 Å². The van der Waals surface area contributed by atoms with Crippen LogP contribution in [0.4, 0.5) is 0 Å². The molecule has 0 bridgehead atoms. The minimum Gasteiger partial charge on any atom is -0.496 e. The van der Waals surface area contributed by atoms with E-state index in [1.165, 1.54) is 11.3 Å². The molecule has 0 radical (unpaired) electrons. The summed E-state index contributed by atoms with van der Waals surface area (Å²) in [4.78, 5) is 36.6. The van der Waals surface area contributed by atoms with Crippen molar-refractivity contribution in [2.75, 3.05) is 13.7 Å². The monoisotopic (exact) mass is 652 g/mol. The first kappa shape index (κ1) is 31.6. The first-order valence-corrected chi connectivity index (χ1v) is 17.7. The number of Topliss-reactive ketones (excluding diaryl/α,β-unsaturated/α-hetero) is 1. The van der Waals surface area contributed by atoms with Crippen molar-refractivity contribution in [1.82, 2.24) is 20.0 Å². The Morgan fingerprint density at radius 1 is 1.24 bits per heavy atom. The molecule has 3 heterocycles. The van der Waals surface area contributed by atoms with E-state index < -0.39 is 32.1 Å². The Morgan fingerprint density at radius 2 is 2.00 bits per heavy atom. The number of thiazole rings is 1. The van der Waals surface area contributed by atoms with E-state index in [1.807, 2.05) is 30.5 Å².